The summed E-state index contributed by atoms with van der Waals surface area (Å²) in [5, 5.41) is 9.56. The van der Waals surface area contributed by atoms with Gasteiger partial charge in [0.05, 0.1) is 5.41 Å². The largest absolute Gasteiger partial charge is 0.481 e. The molecule has 1 unspecified atom stereocenters. The van der Waals surface area contributed by atoms with Crippen LogP contribution in [0.1, 0.15) is 32.1 Å². The van der Waals surface area contributed by atoms with Gasteiger partial charge in [-0.15, -0.1) is 0 Å². The molecule has 2 heterocycles. The minimum Gasteiger partial charge on any atom is -0.481 e. The summed E-state index contributed by atoms with van der Waals surface area (Å²) in [6.07, 6.45) is 3.44. The molecular weight excluding hydrogens is 272 g/mol. The van der Waals surface area contributed by atoms with Gasteiger partial charge in [0.1, 0.15) is 0 Å². The summed E-state index contributed by atoms with van der Waals surface area (Å²) in [4.78, 5) is 39.4. The van der Waals surface area contributed by atoms with Gasteiger partial charge in [0.25, 0.3) is 0 Å². The lowest BCUT2D eigenvalue weighted by Gasteiger charge is -2.31. The Morgan fingerprint density at radius 2 is 2.10 bits per heavy atom. The van der Waals surface area contributed by atoms with Crippen LogP contribution in [-0.4, -0.2) is 59.4 Å². The number of amides is 2. The Hall–Kier alpha value is -1.59. The van der Waals surface area contributed by atoms with Crippen molar-refractivity contribution in [3.63, 3.8) is 0 Å². The van der Waals surface area contributed by atoms with Gasteiger partial charge in [0.2, 0.25) is 11.8 Å². The second-order valence-corrected chi connectivity index (χ2v) is 6.77. The molecule has 3 aliphatic rings. The first-order valence-electron chi connectivity index (χ1n) is 7.70. The Morgan fingerprint density at radius 1 is 1.33 bits per heavy atom. The number of carboxylic acid groups (broad SMARTS) is 1. The maximum atomic E-state index is 12.6. The molecule has 1 aliphatic carbocycles. The van der Waals surface area contributed by atoms with E-state index in [-0.39, 0.29) is 30.1 Å². The normalized spacial score (nSPS) is 36.0. The van der Waals surface area contributed by atoms with E-state index in [1.165, 1.54) is 0 Å². The summed E-state index contributed by atoms with van der Waals surface area (Å²) in [5.74, 6) is -0.961. The number of nitrogens with zero attached hydrogens (tertiary/aromatic N) is 2. The van der Waals surface area contributed by atoms with E-state index in [2.05, 4.69) is 0 Å². The number of carbonyl (C=O) groups is 3. The molecule has 0 aromatic carbocycles. The number of fused-ring (bicyclic) bond motifs is 1. The van der Waals surface area contributed by atoms with Crippen LogP contribution in [-0.2, 0) is 14.4 Å². The fourth-order valence-corrected chi connectivity index (χ4v) is 4.22. The van der Waals surface area contributed by atoms with Crippen LogP contribution >= 0.6 is 0 Å². The summed E-state index contributed by atoms with van der Waals surface area (Å²) >= 11 is 0. The first-order chi connectivity index (χ1) is 9.94. The van der Waals surface area contributed by atoms with Gasteiger partial charge in [0, 0.05) is 39.0 Å². The molecule has 2 saturated heterocycles. The van der Waals surface area contributed by atoms with Crippen molar-refractivity contribution in [2.24, 2.45) is 17.3 Å². The van der Waals surface area contributed by atoms with Crippen molar-refractivity contribution < 1.29 is 19.5 Å². The Labute approximate surface area is 124 Å². The number of carboxylic acids is 1. The molecule has 6 nitrogen and oxygen atoms in total. The van der Waals surface area contributed by atoms with E-state index in [1.54, 1.807) is 16.8 Å². The van der Waals surface area contributed by atoms with Crippen LogP contribution in [0.2, 0.25) is 0 Å². The van der Waals surface area contributed by atoms with Crippen molar-refractivity contribution in [2.75, 3.05) is 26.7 Å². The lowest BCUT2D eigenvalue weighted by Crippen LogP contribution is -2.44. The molecule has 116 valence electrons. The molecule has 0 aromatic rings. The molecule has 21 heavy (non-hydrogen) atoms. The van der Waals surface area contributed by atoms with Crippen molar-refractivity contribution in [1.82, 2.24) is 9.80 Å². The summed E-state index contributed by atoms with van der Waals surface area (Å²) in [6, 6.07) is 0. The molecule has 3 atom stereocenters. The third-order valence-corrected chi connectivity index (χ3v) is 5.62. The Kier molecular flexibility index (Phi) is 3.42. The van der Waals surface area contributed by atoms with Gasteiger partial charge in [-0.1, -0.05) is 6.42 Å². The maximum Gasteiger partial charge on any atom is 0.311 e. The molecule has 0 spiro atoms. The van der Waals surface area contributed by atoms with Crippen LogP contribution in [0, 0.1) is 17.3 Å². The van der Waals surface area contributed by atoms with Crippen molar-refractivity contribution in [3.8, 4) is 0 Å². The fourth-order valence-electron chi connectivity index (χ4n) is 4.22. The second kappa shape index (κ2) is 5.00. The summed E-state index contributed by atoms with van der Waals surface area (Å²) in [6.45, 7) is 1.48. The molecule has 1 saturated carbocycles. The number of likely N-dealkylation sites (tertiary alicyclic amines) is 2. The van der Waals surface area contributed by atoms with E-state index in [9.17, 15) is 19.5 Å². The number of hydrogen-bond donors (Lipinski definition) is 1. The van der Waals surface area contributed by atoms with E-state index in [0.29, 0.717) is 32.5 Å². The third kappa shape index (κ3) is 2.21. The van der Waals surface area contributed by atoms with Crippen molar-refractivity contribution >= 4 is 17.8 Å². The number of carbonyl (C=O) groups excluding carboxylic acids is 2. The van der Waals surface area contributed by atoms with Crippen LogP contribution in [0.15, 0.2) is 0 Å². The first-order valence-corrected chi connectivity index (χ1v) is 7.70. The lowest BCUT2D eigenvalue weighted by atomic mass is 9.81. The number of rotatable bonds is 2. The van der Waals surface area contributed by atoms with Gasteiger partial charge in [-0.3, -0.25) is 14.4 Å². The van der Waals surface area contributed by atoms with Gasteiger partial charge in [0.15, 0.2) is 0 Å². The van der Waals surface area contributed by atoms with E-state index < -0.39 is 11.4 Å². The van der Waals surface area contributed by atoms with Gasteiger partial charge in [-0.2, -0.15) is 0 Å². The number of piperidine rings is 1. The molecule has 0 aromatic heterocycles. The predicted molar refractivity (Wildman–Crippen MR) is 74.4 cm³/mol. The molecule has 1 N–H and O–H groups in total. The average Bonchev–Trinajstić information content (AvgIpc) is 2.98. The molecule has 3 fully saturated rings. The maximum absolute atomic E-state index is 12.6. The smallest absolute Gasteiger partial charge is 0.311 e. The second-order valence-electron chi connectivity index (χ2n) is 6.77. The third-order valence-electron chi connectivity index (χ3n) is 5.62. The van der Waals surface area contributed by atoms with Crippen LogP contribution in [0.5, 0.6) is 0 Å². The van der Waals surface area contributed by atoms with Gasteiger partial charge >= 0.3 is 5.97 Å². The standard InChI is InChI=1S/C15H22N2O4/c1-16-6-4-10(7-12(16)18)13(19)17-8-11-3-2-5-15(11,9-17)14(20)21/h10-11H,2-9H2,1H3,(H,20,21)/t10?,11-,15+/m0/s1. The first kappa shape index (κ1) is 14.4. The molecule has 3 rings (SSSR count). The quantitative estimate of drug-likeness (QED) is 0.807. The van der Waals surface area contributed by atoms with E-state index in [0.717, 1.165) is 12.8 Å². The van der Waals surface area contributed by atoms with Gasteiger partial charge in [-0.25, -0.2) is 0 Å². The molecular formula is C15H22N2O4. The topological polar surface area (TPSA) is 77.9 Å². The zero-order valence-corrected chi connectivity index (χ0v) is 12.4. The minimum atomic E-state index is -0.764. The molecule has 0 radical (unpaired) electrons. The van der Waals surface area contributed by atoms with Crippen LogP contribution in [0.25, 0.3) is 0 Å². The lowest BCUT2D eigenvalue weighted by molar-refractivity contribution is -0.150. The monoisotopic (exact) mass is 294 g/mol. The SMILES string of the molecule is CN1CCC(C(=O)N2C[C@@H]3CCC[C@@]3(C(=O)O)C2)CC1=O. The van der Waals surface area contributed by atoms with Gasteiger partial charge in [-0.05, 0) is 25.2 Å². The molecule has 2 aliphatic heterocycles. The van der Waals surface area contributed by atoms with E-state index in [1.807, 2.05) is 0 Å². The Bertz CT molecular complexity index is 492. The highest BCUT2D eigenvalue weighted by Crippen LogP contribution is 2.49. The van der Waals surface area contributed by atoms with Crippen LogP contribution in [0.3, 0.4) is 0 Å². The average molecular weight is 294 g/mol. The van der Waals surface area contributed by atoms with E-state index >= 15 is 0 Å². The zero-order chi connectivity index (χ0) is 15.2. The highest BCUT2D eigenvalue weighted by molar-refractivity contribution is 5.88. The number of aliphatic carboxylic acids is 1. The van der Waals surface area contributed by atoms with Crippen molar-refractivity contribution in [1.29, 1.82) is 0 Å². The fraction of sp³-hybridized carbons (Fsp3) is 0.800. The summed E-state index contributed by atoms with van der Waals surface area (Å²) in [5.41, 5.74) is -0.731. The molecule has 6 heteroatoms. The minimum absolute atomic E-state index is 0.00642. The van der Waals surface area contributed by atoms with Crippen LogP contribution < -0.4 is 0 Å². The summed E-state index contributed by atoms with van der Waals surface area (Å²) in [7, 11) is 1.75. The molecule has 2 amide bonds. The highest BCUT2D eigenvalue weighted by Gasteiger charge is 2.56. The highest BCUT2D eigenvalue weighted by atomic mass is 16.4. The molecule has 0 bridgehead atoms. The zero-order valence-electron chi connectivity index (χ0n) is 12.4. The van der Waals surface area contributed by atoms with Crippen molar-refractivity contribution in [3.05, 3.63) is 0 Å². The van der Waals surface area contributed by atoms with E-state index in [4.69, 9.17) is 0 Å². The van der Waals surface area contributed by atoms with Gasteiger partial charge < -0.3 is 14.9 Å². The predicted octanol–water partition coefficient (Wildman–Crippen LogP) is 0.568. The van der Waals surface area contributed by atoms with Crippen LogP contribution in [0.4, 0.5) is 0 Å². The number of hydrogen-bond acceptors (Lipinski definition) is 3. The van der Waals surface area contributed by atoms with Crippen molar-refractivity contribution in [2.45, 2.75) is 32.1 Å². The Morgan fingerprint density at radius 3 is 2.71 bits per heavy atom. The summed E-state index contributed by atoms with van der Waals surface area (Å²) < 4.78 is 0. The Balaban J connectivity index is 1.70.